The van der Waals surface area contributed by atoms with Gasteiger partial charge < -0.3 is 39.7 Å². The van der Waals surface area contributed by atoms with E-state index in [0.717, 1.165) is 6.07 Å². The SMILES string of the molecule is COC(=O)CC(c1ccc(OCC(N)=O)c(OC)c1)c1c(O)c(O)c(O)c2c(=O)cc(-c3ccccc3)oc12. The van der Waals surface area contributed by atoms with Gasteiger partial charge in [0.25, 0.3) is 5.91 Å². The molecule has 3 aromatic carbocycles. The van der Waals surface area contributed by atoms with E-state index < -0.39 is 47.1 Å². The van der Waals surface area contributed by atoms with Gasteiger partial charge in [0.15, 0.2) is 35.0 Å². The molecular weight excluding hydrogens is 510 g/mol. The third kappa shape index (κ3) is 5.28. The van der Waals surface area contributed by atoms with Gasteiger partial charge in [-0.1, -0.05) is 36.4 Å². The van der Waals surface area contributed by atoms with Gasteiger partial charge >= 0.3 is 5.97 Å². The summed E-state index contributed by atoms with van der Waals surface area (Å²) >= 11 is 0. The Labute approximate surface area is 221 Å². The van der Waals surface area contributed by atoms with Crippen LogP contribution in [0.3, 0.4) is 0 Å². The molecule has 0 radical (unpaired) electrons. The van der Waals surface area contributed by atoms with E-state index in [-0.39, 0.29) is 40.2 Å². The molecular formula is C28H25NO10. The zero-order valence-corrected chi connectivity index (χ0v) is 21.0. The van der Waals surface area contributed by atoms with Crippen molar-refractivity contribution in [2.75, 3.05) is 20.8 Å². The zero-order valence-electron chi connectivity index (χ0n) is 21.0. The lowest BCUT2D eigenvalue weighted by Crippen LogP contribution is -2.20. The third-order valence-corrected chi connectivity index (χ3v) is 6.10. The van der Waals surface area contributed by atoms with Crippen molar-refractivity contribution in [2.45, 2.75) is 12.3 Å². The minimum absolute atomic E-state index is 0.128. The van der Waals surface area contributed by atoms with Crippen molar-refractivity contribution in [1.82, 2.24) is 0 Å². The molecule has 1 amide bonds. The van der Waals surface area contributed by atoms with Crippen molar-refractivity contribution in [3.8, 4) is 40.1 Å². The summed E-state index contributed by atoms with van der Waals surface area (Å²) in [6, 6.07) is 14.3. The fourth-order valence-electron chi connectivity index (χ4n) is 4.25. The molecule has 0 aliphatic carbocycles. The minimum atomic E-state index is -1.07. The second kappa shape index (κ2) is 11.1. The lowest BCUT2D eigenvalue weighted by atomic mass is 9.86. The standard InChI is InChI=1S/C28H25NO10/c1-36-20-10-15(8-9-18(20)38-13-21(29)31)16(11-22(32)37-2)23-25(33)27(35)26(34)24-17(30)12-19(39-28(23)24)14-6-4-3-5-7-14/h3-10,12,16,33-35H,11,13H2,1-2H3,(H2,29,31). The molecule has 39 heavy (non-hydrogen) atoms. The summed E-state index contributed by atoms with van der Waals surface area (Å²) in [4.78, 5) is 36.8. The van der Waals surface area contributed by atoms with Crippen LogP contribution in [-0.2, 0) is 14.3 Å². The number of rotatable bonds is 9. The highest BCUT2D eigenvalue weighted by atomic mass is 16.5. The molecule has 1 atom stereocenters. The molecule has 0 aliphatic rings. The van der Waals surface area contributed by atoms with Gasteiger partial charge in [-0.3, -0.25) is 14.4 Å². The normalized spacial score (nSPS) is 11.6. The molecule has 202 valence electrons. The zero-order chi connectivity index (χ0) is 28.3. The number of carbonyl (C=O) groups excluding carboxylic acids is 2. The molecule has 0 saturated carbocycles. The van der Waals surface area contributed by atoms with Crippen LogP contribution in [0.25, 0.3) is 22.3 Å². The topological polar surface area (TPSA) is 179 Å². The van der Waals surface area contributed by atoms with Crippen LogP contribution in [0, 0.1) is 0 Å². The highest BCUT2D eigenvalue weighted by molar-refractivity contribution is 5.93. The summed E-state index contributed by atoms with van der Waals surface area (Å²) in [5.74, 6) is -4.61. The Balaban J connectivity index is 2.01. The number of amides is 1. The average molecular weight is 536 g/mol. The van der Waals surface area contributed by atoms with Crippen LogP contribution in [0.15, 0.2) is 63.8 Å². The first-order valence-corrected chi connectivity index (χ1v) is 11.6. The van der Waals surface area contributed by atoms with Crippen LogP contribution in [-0.4, -0.2) is 48.0 Å². The third-order valence-electron chi connectivity index (χ3n) is 6.10. The monoisotopic (exact) mass is 535 g/mol. The van der Waals surface area contributed by atoms with Gasteiger partial charge in [-0.2, -0.15) is 0 Å². The fraction of sp³-hybridized carbons (Fsp3) is 0.179. The van der Waals surface area contributed by atoms with Gasteiger partial charge in [0.05, 0.1) is 20.6 Å². The summed E-state index contributed by atoms with van der Waals surface area (Å²) in [5, 5.41) is 31.8. The van der Waals surface area contributed by atoms with Gasteiger partial charge in [-0.25, -0.2) is 0 Å². The van der Waals surface area contributed by atoms with E-state index in [1.807, 2.05) is 0 Å². The Morgan fingerprint density at radius 2 is 1.67 bits per heavy atom. The quantitative estimate of drug-likeness (QED) is 0.184. The van der Waals surface area contributed by atoms with Crippen molar-refractivity contribution in [2.24, 2.45) is 5.73 Å². The second-order valence-corrected chi connectivity index (χ2v) is 8.50. The summed E-state index contributed by atoms with van der Waals surface area (Å²) < 4.78 is 21.6. The van der Waals surface area contributed by atoms with E-state index in [2.05, 4.69) is 0 Å². The molecule has 11 nitrogen and oxygen atoms in total. The van der Waals surface area contributed by atoms with E-state index in [1.54, 1.807) is 30.3 Å². The first-order valence-electron chi connectivity index (χ1n) is 11.6. The lowest BCUT2D eigenvalue weighted by molar-refractivity contribution is -0.140. The number of primary amides is 1. The highest BCUT2D eigenvalue weighted by Crippen LogP contribution is 2.50. The van der Waals surface area contributed by atoms with Crippen molar-refractivity contribution in [3.63, 3.8) is 0 Å². The number of nitrogens with two attached hydrogens (primary N) is 1. The van der Waals surface area contributed by atoms with Crippen LogP contribution < -0.4 is 20.6 Å². The van der Waals surface area contributed by atoms with Crippen LogP contribution in [0.2, 0.25) is 0 Å². The van der Waals surface area contributed by atoms with Gasteiger partial charge in [-0.15, -0.1) is 0 Å². The van der Waals surface area contributed by atoms with Gasteiger partial charge in [-0.05, 0) is 17.7 Å². The number of aromatic hydroxyl groups is 3. The number of benzene rings is 3. The maximum Gasteiger partial charge on any atom is 0.306 e. The average Bonchev–Trinajstić information content (AvgIpc) is 2.94. The number of methoxy groups -OCH3 is 2. The second-order valence-electron chi connectivity index (χ2n) is 8.50. The predicted octanol–water partition coefficient (Wildman–Crippen LogP) is 3.14. The van der Waals surface area contributed by atoms with Gasteiger partial charge in [0.2, 0.25) is 5.75 Å². The summed E-state index contributed by atoms with van der Waals surface area (Å²) in [6.07, 6.45) is -0.368. The molecule has 1 aromatic heterocycles. The fourth-order valence-corrected chi connectivity index (χ4v) is 4.25. The Morgan fingerprint density at radius 1 is 0.949 bits per heavy atom. The molecule has 11 heteroatoms. The first kappa shape index (κ1) is 26.9. The number of esters is 1. The molecule has 4 rings (SSSR count). The van der Waals surface area contributed by atoms with Crippen LogP contribution >= 0.6 is 0 Å². The van der Waals surface area contributed by atoms with Crippen LogP contribution in [0.1, 0.15) is 23.5 Å². The Morgan fingerprint density at radius 3 is 2.31 bits per heavy atom. The van der Waals surface area contributed by atoms with Crippen molar-refractivity contribution >= 4 is 22.8 Å². The molecule has 4 aromatic rings. The number of ether oxygens (including phenoxy) is 3. The molecule has 0 saturated heterocycles. The summed E-state index contributed by atoms with van der Waals surface area (Å²) in [6.45, 7) is -0.411. The smallest absolute Gasteiger partial charge is 0.306 e. The Hall–Kier alpha value is -5.19. The molecule has 1 heterocycles. The molecule has 0 spiro atoms. The lowest BCUT2D eigenvalue weighted by Gasteiger charge is -2.22. The van der Waals surface area contributed by atoms with Crippen molar-refractivity contribution in [1.29, 1.82) is 0 Å². The number of hydrogen-bond acceptors (Lipinski definition) is 10. The number of carbonyl (C=O) groups is 2. The van der Waals surface area contributed by atoms with Crippen LogP contribution in [0.5, 0.6) is 28.7 Å². The van der Waals surface area contributed by atoms with Crippen molar-refractivity contribution in [3.05, 3.63) is 75.9 Å². The Bertz CT molecular complexity index is 1610. The van der Waals surface area contributed by atoms with E-state index >= 15 is 0 Å². The van der Waals surface area contributed by atoms with E-state index in [4.69, 9.17) is 24.4 Å². The summed E-state index contributed by atoms with van der Waals surface area (Å²) in [7, 11) is 2.54. The minimum Gasteiger partial charge on any atom is -0.504 e. The van der Waals surface area contributed by atoms with Gasteiger partial charge in [0.1, 0.15) is 16.7 Å². The van der Waals surface area contributed by atoms with E-state index in [1.165, 1.54) is 32.4 Å². The van der Waals surface area contributed by atoms with E-state index in [0.29, 0.717) is 11.1 Å². The molecule has 5 N–H and O–H groups in total. The van der Waals surface area contributed by atoms with E-state index in [9.17, 15) is 29.7 Å². The van der Waals surface area contributed by atoms with Crippen LogP contribution in [0.4, 0.5) is 0 Å². The molecule has 0 aliphatic heterocycles. The molecule has 1 unspecified atom stereocenters. The summed E-state index contributed by atoms with van der Waals surface area (Å²) in [5.41, 5.74) is 4.98. The predicted molar refractivity (Wildman–Crippen MR) is 139 cm³/mol. The molecule has 0 fully saturated rings. The molecule has 0 bridgehead atoms. The number of phenolic OH excluding ortho intramolecular Hbond substituents is 3. The first-order chi connectivity index (χ1) is 18.7. The Kier molecular flexibility index (Phi) is 7.61. The van der Waals surface area contributed by atoms with Gasteiger partial charge in [0, 0.05) is 23.1 Å². The van der Waals surface area contributed by atoms with Crippen molar-refractivity contribution < 1.29 is 43.5 Å². The number of hydrogen-bond donors (Lipinski definition) is 4. The maximum absolute atomic E-state index is 13.1. The maximum atomic E-state index is 13.1. The largest absolute Gasteiger partial charge is 0.504 e. The highest BCUT2D eigenvalue weighted by Gasteiger charge is 2.31. The number of phenols is 3. The number of fused-ring (bicyclic) bond motifs is 1.